The molecule has 7 rings (SSSR count). The third kappa shape index (κ3) is 7.04. The Morgan fingerprint density at radius 1 is 0.958 bits per heavy atom. The molecule has 5 heterocycles. The average Bonchev–Trinajstić information content (AvgIpc) is 3.64. The van der Waals surface area contributed by atoms with Gasteiger partial charge < -0.3 is 24.5 Å². The third-order valence-corrected chi connectivity index (χ3v) is 11.5. The second-order valence-corrected chi connectivity index (χ2v) is 14.7. The fourth-order valence-corrected chi connectivity index (χ4v) is 8.74. The Morgan fingerprint density at radius 2 is 1.77 bits per heavy atom. The molecule has 1 amide bonds. The normalized spacial score (nSPS) is 23.9. The highest BCUT2D eigenvalue weighted by atomic mass is 16.2. The first-order valence-electron chi connectivity index (χ1n) is 18.5. The number of piperidine rings is 1. The van der Waals surface area contributed by atoms with Crippen molar-refractivity contribution in [3.63, 3.8) is 0 Å². The van der Waals surface area contributed by atoms with Crippen LogP contribution in [0.15, 0.2) is 36.4 Å². The summed E-state index contributed by atoms with van der Waals surface area (Å²) >= 11 is 0. The van der Waals surface area contributed by atoms with E-state index < -0.39 is 0 Å². The number of hydrogen-bond donors (Lipinski definition) is 0. The van der Waals surface area contributed by atoms with Crippen LogP contribution in [-0.4, -0.2) is 122 Å². The number of aromatic nitrogens is 2. The Morgan fingerprint density at radius 3 is 2.56 bits per heavy atom. The number of rotatable bonds is 8. The van der Waals surface area contributed by atoms with Crippen molar-refractivity contribution in [2.45, 2.75) is 82.3 Å². The van der Waals surface area contributed by atoms with E-state index in [1.165, 1.54) is 41.8 Å². The van der Waals surface area contributed by atoms with Gasteiger partial charge in [-0.2, -0.15) is 10.2 Å². The molecule has 0 spiro atoms. The highest BCUT2D eigenvalue weighted by Gasteiger charge is 2.36. The van der Waals surface area contributed by atoms with Crippen molar-refractivity contribution in [1.29, 1.82) is 5.26 Å². The van der Waals surface area contributed by atoms with Crippen LogP contribution in [0, 0.1) is 11.3 Å². The molecule has 10 heteroatoms. The number of nitriles is 1. The predicted octanol–water partition coefficient (Wildman–Crippen LogP) is 3.90. The first-order valence-corrected chi connectivity index (χ1v) is 18.5. The molecule has 2 atom stereocenters. The molecule has 1 aromatic carbocycles. The van der Waals surface area contributed by atoms with Crippen LogP contribution in [0.1, 0.15) is 61.8 Å². The van der Waals surface area contributed by atoms with Crippen LogP contribution in [0.2, 0.25) is 0 Å². The number of anilines is 3. The summed E-state index contributed by atoms with van der Waals surface area (Å²) in [5.74, 6) is 1.90. The number of amides is 1. The summed E-state index contributed by atoms with van der Waals surface area (Å²) in [4.78, 5) is 38.1. The van der Waals surface area contributed by atoms with E-state index >= 15 is 0 Å². The number of aryl methyl sites for hydroxylation is 1. The minimum absolute atomic E-state index is 0.0212. The smallest absolute Gasteiger partial charge is 0.246 e. The van der Waals surface area contributed by atoms with E-state index in [2.05, 4.69) is 68.9 Å². The molecule has 1 aromatic heterocycles. The molecule has 10 nitrogen and oxygen atoms in total. The number of benzene rings is 1. The monoisotopic (exact) mass is 651 g/mol. The van der Waals surface area contributed by atoms with Gasteiger partial charge >= 0.3 is 0 Å². The zero-order valence-electron chi connectivity index (χ0n) is 29.1. The third-order valence-electron chi connectivity index (χ3n) is 11.5. The maximum atomic E-state index is 13.4. The van der Waals surface area contributed by atoms with Crippen molar-refractivity contribution in [3.8, 4) is 6.07 Å². The average molecular weight is 652 g/mol. The molecule has 0 saturated carbocycles. The molecule has 4 aliphatic heterocycles. The lowest BCUT2D eigenvalue weighted by Gasteiger charge is -2.43. The molecule has 48 heavy (non-hydrogen) atoms. The Balaban J connectivity index is 1.14. The number of para-hydroxylation sites is 1. The molecule has 0 bridgehead atoms. The molecule has 3 fully saturated rings. The minimum atomic E-state index is -0.168. The maximum absolute atomic E-state index is 13.4. The highest BCUT2D eigenvalue weighted by Crippen LogP contribution is 2.37. The summed E-state index contributed by atoms with van der Waals surface area (Å²) in [5, 5.41) is 9.81. The van der Waals surface area contributed by atoms with Gasteiger partial charge in [0.25, 0.3) is 0 Å². The van der Waals surface area contributed by atoms with Gasteiger partial charge in [-0.1, -0.05) is 24.3 Å². The molecular formula is C38H53N9O. The van der Waals surface area contributed by atoms with E-state index in [-0.39, 0.29) is 11.9 Å². The fourth-order valence-electron chi connectivity index (χ4n) is 8.74. The number of fused-ring (bicyclic) bond motifs is 2. The van der Waals surface area contributed by atoms with E-state index in [0.717, 1.165) is 89.6 Å². The molecule has 0 radical (unpaired) electrons. The lowest BCUT2D eigenvalue weighted by molar-refractivity contribution is -0.128. The molecular weight excluding hydrogens is 598 g/mol. The van der Waals surface area contributed by atoms with E-state index in [9.17, 15) is 10.1 Å². The Bertz CT molecular complexity index is 1500. The minimum Gasteiger partial charge on any atom is -0.368 e. The van der Waals surface area contributed by atoms with Crippen LogP contribution in [0.25, 0.3) is 0 Å². The van der Waals surface area contributed by atoms with Crippen molar-refractivity contribution in [2.24, 2.45) is 0 Å². The largest absolute Gasteiger partial charge is 0.368 e. The van der Waals surface area contributed by atoms with E-state index in [1.807, 2.05) is 11.0 Å². The number of piperazine rings is 1. The van der Waals surface area contributed by atoms with Crippen LogP contribution in [0.5, 0.6) is 0 Å². The number of nitrogens with zero attached hydrogens (tertiary/aromatic N) is 9. The molecule has 1 aliphatic carbocycles. The quantitative estimate of drug-likeness (QED) is 0.395. The standard InChI is InChI=1S/C38H53N9O/c1-42(2)30-16-23-44(24-17-30)38-40-34-27-31(46-22-7-10-29-9-3-4-11-35(29)46)13-14-33(34)37(41-38)45-25-26-47(32(28-45)15-18-39)36(48)12-8-21-43-19-5-6-20-43/h3-4,8-9,11-12,30-32H,5-7,10,13-17,19-28H2,1-2H3. The van der Waals surface area contributed by atoms with Gasteiger partial charge in [0.05, 0.1) is 24.2 Å². The van der Waals surface area contributed by atoms with Gasteiger partial charge in [-0.05, 0) is 90.2 Å². The Hall–Kier alpha value is -3.68. The predicted molar refractivity (Wildman–Crippen MR) is 192 cm³/mol. The van der Waals surface area contributed by atoms with Crippen LogP contribution >= 0.6 is 0 Å². The molecule has 5 aliphatic rings. The Labute approximate surface area is 287 Å². The van der Waals surface area contributed by atoms with Gasteiger partial charge in [-0.3, -0.25) is 9.69 Å². The number of carbonyl (C=O) groups excluding carboxylic acids is 1. The summed E-state index contributed by atoms with van der Waals surface area (Å²) in [6.07, 6.45) is 14.0. The summed E-state index contributed by atoms with van der Waals surface area (Å²) in [5.41, 5.74) is 5.31. The van der Waals surface area contributed by atoms with Crippen molar-refractivity contribution >= 4 is 23.4 Å². The summed E-state index contributed by atoms with van der Waals surface area (Å²) in [6.45, 7) is 7.96. The van der Waals surface area contributed by atoms with Crippen LogP contribution < -0.4 is 14.7 Å². The van der Waals surface area contributed by atoms with Gasteiger partial charge in [-0.15, -0.1) is 0 Å². The summed E-state index contributed by atoms with van der Waals surface area (Å²) < 4.78 is 0. The number of likely N-dealkylation sites (tertiary alicyclic amines) is 1. The second kappa shape index (κ2) is 14.8. The SMILES string of the molecule is CN(C)C1CCN(c2nc3c(c(N4CCN(C(=O)C=CCN5CCCC5)C(CC#N)C4)n2)CCC(N2CCCc4ccccc42)C3)CC1. The zero-order chi connectivity index (χ0) is 33.0. The van der Waals surface area contributed by atoms with Gasteiger partial charge in [0, 0.05) is 81.6 Å². The molecule has 256 valence electrons. The number of carbonyl (C=O) groups is 1. The Kier molecular flexibility index (Phi) is 10.2. The van der Waals surface area contributed by atoms with Gasteiger partial charge in [0.15, 0.2) is 0 Å². The molecule has 2 unspecified atom stereocenters. The van der Waals surface area contributed by atoms with Crippen molar-refractivity contribution in [3.05, 3.63) is 53.2 Å². The lowest BCUT2D eigenvalue weighted by Crippen LogP contribution is -2.55. The van der Waals surface area contributed by atoms with Crippen LogP contribution in [-0.2, 0) is 24.1 Å². The maximum Gasteiger partial charge on any atom is 0.246 e. The van der Waals surface area contributed by atoms with Crippen molar-refractivity contribution in [2.75, 3.05) is 87.7 Å². The highest BCUT2D eigenvalue weighted by molar-refractivity contribution is 5.88. The lowest BCUT2D eigenvalue weighted by atomic mass is 9.88. The van der Waals surface area contributed by atoms with E-state index in [1.54, 1.807) is 6.08 Å². The number of hydrogen-bond acceptors (Lipinski definition) is 9. The fraction of sp³-hybridized carbons (Fsp3) is 0.632. The second-order valence-electron chi connectivity index (χ2n) is 14.7. The first kappa shape index (κ1) is 32.8. The van der Waals surface area contributed by atoms with Crippen LogP contribution in [0.4, 0.5) is 17.5 Å². The van der Waals surface area contributed by atoms with Gasteiger partial charge in [0.2, 0.25) is 11.9 Å². The summed E-state index contributed by atoms with van der Waals surface area (Å²) in [6, 6.07) is 12.2. The van der Waals surface area contributed by atoms with E-state index in [4.69, 9.17) is 9.97 Å². The van der Waals surface area contributed by atoms with E-state index in [0.29, 0.717) is 38.1 Å². The molecule has 2 aromatic rings. The van der Waals surface area contributed by atoms with Crippen LogP contribution in [0.3, 0.4) is 0 Å². The first-order chi connectivity index (χ1) is 23.5. The van der Waals surface area contributed by atoms with Crippen molar-refractivity contribution in [1.82, 2.24) is 24.7 Å². The summed E-state index contributed by atoms with van der Waals surface area (Å²) in [7, 11) is 4.36. The van der Waals surface area contributed by atoms with Gasteiger partial charge in [0.1, 0.15) is 5.82 Å². The van der Waals surface area contributed by atoms with Gasteiger partial charge in [-0.25, -0.2) is 4.98 Å². The topological polar surface area (TPSA) is 86.1 Å². The molecule has 0 N–H and O–H groups in total. The molecule has 3 saturated heterocycles. The van der Waals surface area contributed by atoms with Crippen molar-refractivity contribution < 1.29 is 4.79 Å². The zero-order valence-corrected chi connectivity index (χ0v) is 29.1.